The maximum Gasteiger partial charge on any atom is 0.256 e. The van der Waals surface area contributed by atoms with Crippen LogP contribution in [-0.4, -0.2) is 19.0 Å². The number of carbonyl (C=O) groups is 1. The summed E-state index contributed by atoms with van der Waals surface area (Å²) < 4.78 is 18.2. The van der Waals surface area contributed by atoms with Gasteiger partial charge in [0.15, 0.2) is 5.96 Å². The Morgan fingerprint density at radius 3 is 2.26 bits per heavy atom. The van der Waals surface area contributed by atoms with E-state index in [2.05, 4.69) is 4.99 Å². The van der Waals surface area contributed by atoms with Crippen LogP contribution >= 0.6 is 0 Å². The maximum atomic E-state index is 13.1. The van der Waals surface area contributed by atoms with Gasteiger partial charge in [0.25, 0.3) is 5.91 Å². The van der Waals surface area contributed by atoms with Crippen LogP contribution < -0.4 is 16.2 Å². The Kier molecular flexibility index (Phi) is 5.30. The molecule has 2 rings (SSSR count). The van der Waals surface area contributed by atoms with Gasteiger partial charge in [-0.25, -0.2) is 4.39 Å². The minimum Gasteiger partial charge on any atom is -0.497 e. The monoisotopic (exact) mass is 315 g/mol. The summed E-state index contributed by atoms with van der Waals surface area (Å²) in [5.74, 6) is -0.996. The zero-order valence-corrected chi connectivity index (χ0v) is 12.7. The largest absolute Gasteiger partial charge is 0.497 e. The highest BCUT2D eigenvalue weighted by atomic mass is 19.1. The number of nitrogens with two attached hydrogens (primary N) is 2. The lowest BCUT2D eigenvalue weighted by atomic mass is 9.91. The van der Waals surface area contributed by atoms with Crippen LogP contribution in [0.3, 0.4) is 0 Å². The van der Waals surface area contributed by atoms with Crippen molar-refractivity contribution in [3.05, 3.63) is 65.5 Å². The van der Waals surface area contributed by atoms with Crippen molar-refractivity contribution < 1.29 is 13.9 Å². The molecule has 4 N–H and O–H groups in total. The molecule has 6 heteroatoms. The molecule has 0 aromatic heterocycles. The summed E-state index contributed by atoms with van der Waals surface area (Å²) >= 11 is 0. The zero-order valence-electron chi connectivity index (χ0n) is 12.7. The van der Waals surface area contributed by atoms with E-state index in [1.165, 1.54) is 12.1 Å². The molecule has 5 nitrogen and oxygen atoms in total. The van der Waals surface area contributed by atoms with Crippen molar-refractivity contribution >= 4 is 11.9 Å². The summed E-state index contributed by atoms with van der Waals surface area (Å²) in [7, 11) is 1.58. The number of benzene rings is 2. The average molecular weight is 315 g/mol. The average Bonchev–Trinajstić information content (AvgIpc) is 2.53. The third-order valence-electron chi connectivity index (χ3n) is 3.41. The predicted molar refractivity (Wildman–Crippen MR) is 86.7 cm³/mol. The molecule has 0 radical (unpaired) electrons. The van der Waals surface area contributed by atoms with Gasteiger partial charge >= 0.3 is 0 Å². The first-order valence-electron chi connectivity index (χ1n) is 7.01. The van der Waals surface area contributed by atoms with Crippen molar-refractivity contribution in [2.45, 2.75) is 12.3 Å². The zero-order chi connectivity index (χ0) is 16.8. The number of guanidine groups is 1. The second kappa shape index (κ2) is 7.40. The lowest BCUT2D eigenvalue weighted by Gasteiger charge is -2.14. The highest BCUT2D eigenvalue weighted by Crippen LogP contribution is 2.24. The summed E-state index contributed by atoms with van der Waals surface area (Å²) in [4.78, 5) is 15.9. The number of methoxy groups -OCH3 is 1. The number of aliphatic imine (C=N–C) groups is 1. The Bertz CT molecular complexity index is 693. The van der Waals surface area contributed by atoms with Gasteiger partial charge in [0.1, 0.15) is 11.6 Å². The third kappa shape index (κ3) is 4.54. The van der Waals surface area contributed by atoms with E-state index in [9.17, 15) is 9.18 Å². The van der Waals surface area contributed by atoms with Crippen molar-refractivity contribution in [3.63, 3.8) is 0 Å². The van der Waals surface area contributed by atoms with Gasteiger partial charge in [-0.2, -0.15) is 4.99 Å². The minimum absolute atomic E-state index is 0.295. The van der Waals surface area contributed by atoms with Crippen LogP contribution in [0.4, 0.5) is 4.39 Å². The van der Waals surface area contributed by atoms with E-state index in [-0.39, 0.29) is 11.8 Å². The van der Waals surface area contributed by atoms with Gasteiger partial charge in [-0.1, -0.05) is 24.3 Å². The number of carbonyl (C=O) groups excluding carboxylic acids is 1. The highest BCUT2D eigenvalue weighted by molar-refractivity contribution is 5.95. The second-order valence-corrected chi connectivity index (χ2v) is 5.03. The normalized spacial score (nSPS) is 11.6. The summed E-state index contributed by atoms with van der Waals surface area (Å²) in [5.41, 5.74) is 12.2. The smallest absolute Gasteiger partial charge is 0.256 e. The Labute approximate surface area is 133 Å². The van der Waals surface area contributed by atoms with Crippen LogP contribution in [-0.2, 0) is 11.2 Å². The molecule has 23 heavy (non-hydrogen) atoms. The fraction of sp³-hybridized carbons (Fsp3) is 0.176. The van der Waals surface area contributed by atoms with Crippen LogP contribution in [0.2, 0.25) is 0 Å². The molecule has 2 aromatic rings. The predicted octanol–water partition coefficient (Wildman–Crippen LogP) is 1.96. The van der Waals surface area contributed by atoms with E-state index < -0.39 is 11.8 Å². The van der Waals surface area contributed by atoms with Gasteiger partial charge in [-0.15, -0.1) is 0 Å². The number of amides is 1. The van der Waals surface area contributed by atoms with Crippen LogP contribution in [0.1, 0.15) is 17.0 Å². The van der Waals surface area contributed by atoms with Crippen molar-refractivity contribution in [2.75, 3.05) is 7.11 Å². The first kappa shape index (κ1) is 16.5. The molecule has 0 fully saturated rings. The van der Waals surface area contributed by atoms with E-state index in [1.54, 1.807) is 19.2 Å². The molecular formula is C17H18FN3O2. The molecule has 0 aliphatic carbocycles. The Hall–Kier alpha value is -2.89. The molecule has 1 amide bonds. The van der Waals surface area contributed by atoms with E-state index >= 15 is 0 Å². The lowest BCUT2D eigenvalue weighted by Crippen LogP contribution is -2.26. The number of rotatable bonds is 5. The van der Waals surface area contributed by atoms with Crippen molar-refractivity contribution in [1.82, 2.24) is 0 Å². The van der Waals surface area contributed by atoms with E-state index in [0.717, 1.165) is 11.3 Å². The van der Waals surface area contributed by atoms with E-state index in [1.807, 2.05) is 24.3 Å². The van der Waals surface area contributed by atoms with Crippen molar-refractivity contribution in [2.24, 2.45) is 16.5 Å². The molecule has 0 saturated carbocycles. The van der Waals surface area contributed by atoms with Gasteiger partial charge in [0, 0.05) is 0 Å². The summed E-state index contributed by atoms with van der Waals surface area (Å²) in [6.45, 7) is 0. The quantitative estimate of drug-likeness (QED) is 0.652. The number of hydrogen-bond donors (Lipinski definition) is 2. The molecule has 120 valence electrons. The first-order chi connectivity index (χ1) is 11.0. The fourth-order valence-electron chi connectivity index (χ4n) is 2.25. The Morgan fingerprint density at radius 1 is 1.13 bits per heavy atom. The van der Waals surface area contributed by atoms with Crippen LogP contribution in [0.5, 0.6) is 5.75 Å². The molecule has 0 saturated heterocycles. The molecular weight excluding hydrogens is 297 g/mol. The number of hydrogen-bond acceptors (Lipinski definition) is 2. The SMILES string of the molecule is COc1ccc(C[C@@H](C(=O)N=C(N)N)c2ccc(F)cc2)cc1. The molecule has 0 unspecified atom stereocenters. The van der Waals surface area contributed by atoms with Gasteiger partial charge in [0.2, 0.25) is 0 Å². The Morgan fingerprint density at radius 2 is 1.74 bits per heavy atom. The molecule has 0 spiro atoms. The van der Waals surface area contributed by atoms with Crippen molar-refractivity contribution in [1.29, 1.82) is 0 Å². The highest BCUT2D eigenvalue weighted by Gasteiger charge is 2.21. The minimum atomic E-state index is -0.592. The number of nitrogens with zero attached hydrogens (tertiary/aromatic N) is 1. The molecule has 0 bridgehead atoms. The molecule has 2 aromatic carbocycles. The summed E-state index contributed by atoms with van der Waals surface area (Å²) in [5, 5.41) is 0. The van der Waals surface area contributed by atoms with Crippen LogP contribution in [0.25, 0.3) is 0 Å². The maximum absolute atomic E-state index is 13.1. The summed E-state index contributed by atoms with van der Waals surface area (Å²) in [6.07, 6.45) is 0.394. The third-order valence-corrected chi connectivity index (χ3v) is 3.41. The van der Waals surface area contributed by atoms with Crippen molar-refractivity contribution in [3.8, 4) is 5.75 Å². The van der Waals surface area contributed by atoms with Crippen LogP contribution in [0, 0.1) is 5.82 Å². The summed E-state index contributed by atoms with van der Waals surface area (Å²) in [6, 6.07) is 13.1. The lowest BCUT2D eigenvalue weighted by molar-refractivity contribution is -0.119. The van der Waals surface area contributed by atoms with Crippen LogP contribution in [0.15, 0.2) is 53.5 Å². The van der Waals surface area contributed by atoms with Gasteiger partial charge in [-0.3, -0.25) is 4.79 Å². The Balaban J connectivity index is 2.30. The topological polar surface area (TPSA) is 90.7 Å². The number of ether oxygens (including phenoxy) is 1. The molecule has 1 atom stereocenters. The molecule has 0 aliphatic heterocycles. The molecule has 0 heterocycles. The van der Waals surface area contributed by atoms with Gasteiger partial charge in [0.05, 0.1) is 13.0 Å². The van der Waals surface area contributed by atoms with Gasteiger partial charge in [-0.05, 0) is 41.8 Å². The molecule has 0 aliphatic rings. The number of halogens is 1. The van der Waals surface area contributed by atoms with E-state index in [4.69, 9.17) is 16.2 Å². The fourth-order valence-corrected chi connectivity index (χ4v) is 2.25. The van der Waals surface area contributed by atoms with E-state index in [0.29, 0.717) is 12.0 Å². The van der Waals surface area contributed by atoms with Gasteiger partial charge < -0.3 is 16.2 Å². The second-order valence-electron chi connectivity index (χ2n) is 5.03. The standard InChI is InChI=1S/C17H18FN3O2/c1-23-14-8-2-11(3-9-14)10-15(16(22)21-17(19)20)12-4-6-13(18)7-5-12/h2-9,15H,10H2,1H3,(H4,19,20,21,22)/t15-/m1/s1. The first-order valence-corrected chi connectivity index (χ1v) is 7.01.